The molecule has 0 atom stereocenters. The van der Waals surface area contributed by atoms with E-state index in [4.69, 9.17) is 15.7 Å². The Bertz CT molecular complexity index is 776. The van der Waals surface area contributed by atoms with E-state index in [1.165, 1.54) is 63.5 Å². The zero-order valence-corrected chi connectivity index (χ0v) is 14.8. The van der Waals surface area contributed by atoms with E-state index < -0.39 is 0 Å². The van der Waals surface area contributed by atoms with Crippen molar-refractivity contribution in [2.75, 3.05) is 0 Å². The Morgan fingerprint density at radius 2 is 1.88 bits per heavy atom. The lowest BCUT2D eigenvalue weighted by Gasteiger charge is -2.22. The van der Waals surface area contributed by atoms with Gasteiger partial charge in [-0.25, -0.2) is 9.50 Å². The topological polar surface area (TPSA) is 68.6 Å². The number of hydrogen-bond acceptors (Lipinski definition) is 4. The first-order chi connectivity index (χ1) is 12.3. The Balaban J connectivity index is 1.68. The lowest BCUT2D eigenvalue weighted by atomic mass is 9.86. The zero-order valence-electron chi connectivity index (χ0n) is 14.8. The van der Waals surface area contributed by atoms with Crippen LogP contribution < -0.4 is 5.73 Å². The molecule has 0 radical (unpaired) electrons. The minimum absolute atomic E-state index is 0.446. The quantitative estimate of drug-likeness (QED) is 0.854. The third-order valence-corrected chi connectivity index (χ3v) is 5.63. The molecule has 2 N–H and O–H groups in total. The van der Waals surface area contributed by atoms with Crippen LogP contribution in [0.25, 0.3) is 11.1 Å². The highest BCUT2D eigenvalue weighted by molar-refractivity contribution is 6.08. The number of hydrogen-bond donors (Lipinski definition) is 1. The summed E-state index contributed by atoms with van der Waals surface area (Å²) in [6.45, 7) is 0. The van der Waals surface area contributed by atoms with Gasteiger partial charge in [0.1, 0.15) is 0 Å². The van der Waals surface area contributed by atoms with E-state index in [0.717, 1.165) is 16.8 Å². The van der Waals surface area contributed by atoms with Crippen molar-refractivity contribution in [3.05, 3.63) is 36.0 Å². The predicted octanol–water partition coefficient (Wildman–Crippen LogP) is 4.09. The van der Waals surface area contributed by atoms with E-state index in [-0.39, 0.29) is 0 Å². The Labute approximate surface area is 149 Å². The largest absolute Gasteiger partial charge is 0.404 e. The summed E-state index contributed by atoms with van der Waals surface area (Å²) in [5, 5.41) is 4.45. The van der Waals surface area contributed by atoms with Crippen molar-refractivity contribution in [3.63, 3.8) is 0 Å². The standard InChI is InChI=1S/C20H27N5/c21-12-16(13-22-17-8-4-5-9-17)18-14-25-19(10-11-23-25)20(24-18)15-6-2-1-3-7-15/h10-15,17H,1-9,21H2. The summed E-state index contributed by atoms with van der Waals surface area (Å²) in [6.07, 6.45) is 18.7. The van der Waals surface area contributed by atoms with E-state index >= 15 is 0 Å². The molecule has 0 spiro atoms. The average Bonchev–Trinajstić information content (AvgIpc) is 3.34. The van der Waals surface area contributed by atoms with Gasteiger partial charge in [-0.15, -0.1) is 0 Å². The van der Waals surface area contributed by atoms with Crippen LogP contribution >= 0.6 is 0 Å². The van der Waals surface area contributed by atoms with Gasteiger partial charge in [-0.2, -0.15) is 5.10 Å². The summed E-state index contributed by atoms with van der Waals surface area (Å²) >= 11 is 0. The maximum Gasteiger partial charge on any atom is 0.0919 e. The van der Waals surface area contributed by atoms with Crippen LogP contribution in [0.3, 0.4) is 0 Å². The zero-order chi connectivity index (χ0) is 17.1. The molecule has 2 aliphatic carbocycles. The van der Waals surface area contributed by atoms with Gasteiger partial charge in [0.2, 0.25) is 0 Å². The highest BCUT2D eigenvalue weighted by Gasteiger charge is 2.21. The SMILES string of the molecule is NC=C(C=NC1CCCC1)c1cn2nccc2c(C2CCCCC2)n1. The van der Waals surface area contributed by atoms with Gasteiger partial charge in [0.05, 0.1) is 29.3 Å². The van der Waals surface area contributed by atoms with E-state index in [2.05, 4.69) is 11.2 Å². The van der Waals surface area contributed by atoms with Crippen LogP contribution in [0.5, 0.6) is 0 Å². The van der Waals surface area contributed by atoms with Crippen molar-refractivity contribution in [1.82, 2.24) is 14.6 Å². The molecule has 2 heterocycles. The molecule has 2 aromatic heterocycles. The third-order valence-electron chi connectivity index (χ3n) is 5.63. The molecule has 4 rings (SSSR count). The first kappa shape index (κ1) is 16.3. The lowest BCUT2D eigenvalue weighted by Crippen LogP contribution is -2.11. The molecule has 25 heavy (non-hydrogen) atoms. The second-order valence-corrected chi connectivity index (χ2v) is 7.35. The Hall–Kier alpha value is -2.17. The highest BCUT2D eigenvalue weighted by atomic mass is 15.2. The molecule has 0 unspecified atom stereocenters. The van der Waals surface area contributed by atoms with E-state index in [1.807, 2.05) is 23.1 Å². The summed E-state index contributed by atoms with van der Waals surface area (Å²) in [6, 6.07) is 2.51. The van der Waals surface area contributed by atoms with Gasteiger partial charge >= 0.3 is 0 Å². The first-order valence-electron chi connectivity index (χ1n) is 9.65. The van der Waals surface area contributed by atoms with Crippen LogP contribution in [0.4, 0.5) is 0 Å². The molecule has 0 amide bonds. The molecule has 132 valence electrons. The predicted molar refractivity (Wildman–Crippen MR) is 102 cm³/mol. The molecule has 2 aliphatic rings. The molecule has 2 fully saturated rings. The van der Waals surface area contributed by atoms with Crippen molar-refractivity contribution < 1.29 is 0 Å². The van der Waals surface area contributed by atoms with Crippen LogP contribution in [0.15, 0.2) is 29.7 Å². The minimum Gasteiger partial charge on any atom is -0.404 e. The molecule has 2 aromatic rings. The third kappa shape index (κ3) is 3.46. The molecule has 0 saturated heterocycles. The maximum atomic E-state index is 5.91. The number of fused-ring (bicyclic) bond motifs is 1. The van der Waals surface area contributed by atoms with Gasteiger partial charge in [0, 0.05) is 29.9 Å². The van der Waals surface area contributed by atoms with E-state index in [1.54, 1.807) is 6.20 Å². The normalized spacial score (nSPS) is 20.9. The number of nitrogens with two attached hydrogens (primary N) is 1. The molecule has 0 bridgehead atoms. The van der Waals surface area contributed by atoms with E-state index in [0.29, 0.717) is 12.0 Å². The fourth-order valence-corrected chi connectivity index (χ4v) is 4.20. The summed E-state index contributed by atoms with van der Waals surface area (Å²) in [5.74, 6) is 0.527. The molecular formula is C20H27N5. The smallest absolute Gasteiger partial charge is 0.0919 e. The fourth-order valence-electron chi connectivity index (χ4n) is 4.20. The molecule has 2 saturated carbocycles. The van der Waals surface area contributed by atoms with Gasteiger partial charge < -0.3 is 5.73 Å². The Morgan fingerprint density at radius 1 is 1.12 bits per heavy atom. The Morgan fingerprint density at radius 3 is 2.64 bits per heavy atom. The number of allylic oxidation sites excluding steroid dienone is 1. The molecule has 0 aromatic carbocycles. The van der Waals surface area contributed by atoms with Gasteiger partial charge in [-0.1, -0.05) is 32.1 Å². The van der Waals surface area contributed by atoms with Crippen molar-refractivity contribution in [2.24, 2.45) is 10.7 Å². The second kappa shape index (κ2) is 7.38. The number of rotatable bonds is 4. The van der Waals surface area contributed by atoms with Crippen molar-refractivity contribution >= 4 is 17.3 Å². The van der Waals surface area contributed by atoms with Gasteiger partial charge in [0.15, 0.2) is 0 Å². The lowest BCUT2D eigenvalue weighted by molar-refractivity contribution is 0.437. The van der Waals surface area contributed by atoms with Crippen LogP contribution in [0.1, 0.15) is 75.1 Å². The van der Waals surface area contributed by atoms with Gasteiger partial charge in [-0.3, -0.25) is 4.99 Å². The molecule has 0 aliphatic heterocycles. The van der Waals surface area contributed by atoms with Crippen LogP contribution in [-0.2, 0) is 0 Å². The van der Waals surface area contributed by atoms with Crippen molar-refractivity contribution in [1.29, 1.82) is 0 Å². The highest BCUT2D eigenvalue weighted by Crippen LogP contribution is 2.34. The van der Waals surface area contributed by atoms with E-state index in [9.17, 15) is 0 Å². The summed E-state index contributed by atoms with van der Waals surface area (Å²) in [4.78, 5) is 9.75. The van der Waals surface area contributed by atoms with Gasteiger partial charge in [-0.05, 0) is 31.7 Å². The number of aromatic nitrogens is 3. The fraction of sp³-hybridized carbons (Fsp3) is 0.550. The van der Waals surface area contributed by atoms with Crippen molar-refractivity contribution in [3.8, 4) is 0 Å². The summed E-state index contributed by atoms with van der Waals surface area (Å²) < 4.78 is 1.94. The average molecular weight is 337 g/mol. The number of nitrogens with zero attached hydrogens (tertiary/aromatic N) is 4. The van der Waals surface area contributed by atoms with Crippen molar-refractivity contribution in [2.45, 2.75) is 69.7 Å². The monoisotopic (exact) mass is 337 g/mol. The Kier molecular flexibility index (Phi) is 4.81. The second-order valence-electron chi connectivity index (χ2n) is 7.35. The first-order valence-corrected chi connectivity index (χ1v) is 9.65. The van der Waals surface area contributed by atoms with Gasteiger partial charge in [0.25, 0.3) is 0 Å². The molecule has 5 nitrogen and oxygen atoms in total. The van der Waals surface area contributed by atoms with Crippen LogP contribution in [-0.4, -0.2) is 26.9 Å². The summed E-state index contributed by atoms with van der Waals surface area (Å²) in [7, 11) is 0. The number of aliphatic imine (C=N–C) groups is 1. The minimum atomic E-state index is 0.446. The van der Waals surface area contributed by atoms with Crippen LogP contribution in [0, 0.1) is 0 Å². The molecular weight excluding hydrogens is 310 g/mol. The van der Waals surface area contributed by atoms with Crippen LogP contribution in [0.2, 0.25) is 0 Å². The summed E-state index contributed by atoms with van der Waals surface area (Å²) in [5.41, 5.74) is 9.98. The maximum absolute atomic E-state index is 5.91. The molecule has 5 heteroatoms.